The van der Waals surface area contributed by atoms with E-state index in [-0.39, 0.29) is 13.7 Å². The van der Waals surface area contributed by atoms with Gasteiger partial charge in [-0.3, -0.25) is 0 Å². The number of methoxy groups -OCH3 is 4. The topological polar surface area (TPSA) is 74.2 Å². The van der Waals surface area contributed by atoms with Gasteiger partial charge < -0.3 is 28.8 Å². The van der Waals surface area contributed by atoms with E-state index in [0.29, 0.717) is 6.29 Å². The van der Waals surface area contributed by atoms with Crippen molar-refractivity contribution in [1.82, 2.24) is 0 Å². The molecule has 0 saturated heterocycles. The predicted molar refractivity (Wildman–Crippen MR) is 56.3 cm³/mol. The molecule has 0 aromatic heterocycles. The molecular weight excluding hydrogens is 216 g/mol. The molecule has 0 aliphatic heterocycles. The molecule has 0 heterocycles. The Labute approximate surface area is 101 Å². The fourth-order valence-electron chi connectivity index (χ4n) is 1.23. The molecule has 6 nitrogen and oxygen atoms in total. The van der Waals surface area contributed by atoms with Gasteiger partial charge >= 0.3 is 0 Å². The predicted octanol–water partition coefficient (Wildman–Crippen LogP) is -0.762. The van der Waals surface area contributed by atoms with E-state index in [9.17, 15) is 9.90 Å². The molecule has 0 radical (unpaired) electrons. The SMILES string of the molecule is [2H]COC[C@@H](O)[C@H](OC[2H])[C@H](OC[2H])[C@H](C=O)OC[2H]. The van der Waals surface area contributed by atoms with Crippen molar-refractivity contribution in [1.29, 1.82) is 0 Å². The Kier molecular flexibility index (Phi) is 5.10. The largest absolute Gasteiger partial charge is 0.388 e. The van der Waals surface area contributed by atoms with E-state index in [1.165, 1.54) is 0 Å². The van der Waals surface area contributed by atoms with Crippen molar-refractivity contribution in [2.24, 2.45) is 0 Å². The molecule has 0 fully saturated rings. The summed E-state index contributed by atoms with van der Waals surface area (Å²) in [7, 11) is -1.89. The summed E-state index contributed by atoms with van der Waals surface area (Å²) >= 11 is 0. The van der Waals surface area contributed by atoms with E-state index < -0.39 is 45.7 Å². The van der Waals surface area contributed by atoms with E-state index >= 15 is 0 Å². The Morgan fingerprint density at radius 2 is 1.88 bits per heavy atom. The molecule has 0 bridgehead atoms. The first kappa shape index (κ1) is 9.49. The lowest BCUT2D eigenvalue weighted by atomic mass is 10.0. The Balaban J connectivity index is 4.93. The molecule has 6 heteroatoms. The lowest BCUT2D eigenvalue weighted by molar-refractivity contribution is -0.156. The lowest BCUT2D eigenvalue weighted by Gasteiger charge is -2.31. The van der Waals surface area contributed by atoms with Crippen LogP contribution in [0.1, 0.15) is 5.48 Å². The molecule has 1 N–H and O–H groups in total. The van der Waals surface area contributed by atoms with Crippen LogP contribution in [-0.2, 0) is 23.7 Å². The molecule has 0 rings (SSSR count). The summed E-state index contributed by atoms with van der Waals surface area (Å²) < 4.78 is 47.5. The van der Waals surface area contributed by atoms with Crippen LogP contribution in [0.25, 0.3) is 0 Å². The summed E-state index contributed by atoms with van der Waals surface area (Å²) in [5, 5.41) is 9.90. The number of carbonyl (C=O) groups excluding carboxylic acids is 1. The Morgan fingerprint density at radius 3 is 2.44 bits per heavy atom. The summed E-state index contributed by atoms with van der Waals surface area (Å²) in [4.78, 5) is 11.0. The monoisotopic (exact) mass is 240 g/mol. The highest BCUT2D eigenvalue weighted by atomic mass is 16.6. The highest BCUT2D eigenvalue weighted by Gasteiger charge is 2.34. The normalized spacial score (nSPS) is 22.1. The van der Waals surface area contributed by atoms with Crippen molar-refractivity contribution < 1.29 is 34.3 Å². The van der Waals surface area contributed by atoms with Gasteiger partial charge in [0.15, 0.2) is 6.29 Å². The molecule has 0 amide bonds. The van der Waals surface area contributed by atoms with Crippen LogP contribution >= 0.6 is 0 Å². The summed E-state index contributed by atoms with van der Waals surface area (Å²) in [5.74, 6) is 0. The van der Waals surface area contributed by atoms with Crippen molar-refractivity contribution >= 4 is 6.29 Å². The van der Waals surface area contributed by atoms with Crippen molar-refractivity contribution in [2.75, 3.05) is 35.0 Å². The van der Waals surface area contributed by atoms with Gasteiger partial charge in [-0.2, -0.15) is 0 Å². The Hall–Kier alpha value is -0.530. The highest BCUT2D eigenvalue weighted by molar-refractivity contribution is 5.57. The summed E-state index contributed by atoms with van der Waals surface area (Å²) in [5.41, 5.74) is 0. The van der Waals surface area contributed by atoms with Gasteiger partial charge in [-0.25, -0.2) is 0 Å². The number of ether oxygens (including phenoxy) is 4. The molecule has 16 heavy (non-hydrogen) atoms. The van der Waals surface area contributed by atoms with E-state index in [2.05, 4.69) is 0 Å². The molecule has 0 aliphatic carbocycles. The fourth-order valence-corrected chi connectivity index (χ4v) is 1.23. The number of hydrogen-bond acceptors (Lipinski definition) is 6. The maximum Gasteiger partial charge on any atom is 0.151 e. The number of hydrogen-bond donors (Lipinski definition) is 1. The summed E-state index contributed by atoms with van der Waals surface area (Å²) in [6.07, 6.45) is -4.39. The van der Waals surface area contributed by atoms with E-state index in [0.717, 1.165) is 0 Å². The number of rotatable bonds is 9. The molecule has 96 valence electrons. The lowest BCUT2D eigenvalue weighted by Crippen LogP contribution is -2.49. The van der Waals surface area contributed by atoms with Gasteiger partial charge in [-0.15, -0.1) is 0 Å². The number of aliphatic hydroxyl groups excluding tert-OH is 1. The van der Waals surface area contributed by atoms with Crippen molar-refractivity contribution in [3.8, 4) is 0 Å². The van der Waals surface area contributed by atoms with Crippen LogP contribution in [0.3, 0.4) is 0 Å². The van der Waals surface area contributed by atoms with E-state index in [4.69, 9.17) is 24.4 Å². The first-order valence-electron chi connectivity index (χ1n) is 7.21. The Morgan fingerprint density at radius 1 is 1.19 bits per heavy atom. The zero-order valence-corrected chi connectivity index (χ0v) is 8.91. The summed E-state index contributed by atoms with van der Waals surface area (Å²) in [6.45, 7) is -0.252. The van der Waals surface area contributed by atoms with Crippen LogP contribution in [0.2, 0.25) is 0 Å². The molecule has 0 aromatic rings. The van der Waals surface area contributed by atoms with Crippen LogP contribution in [-0.4, -0.2) is 70.8 Å². The molecular formula is C10H20O6. The number of aldehydes is 1. The quantitative estimate of drug-likeness (QED) is 0.534. The van der Waals surface area contributed by atoms with Gasteiger partial charge in [-0.05, 0) is 0 Å². The van der Waals surface area contributed by atoms with Gasteiger partial charge in [0.1, 0.15) is 24.4 Å². The second-order valence-electron chi connectivity index (χ2n) is 2.97. The van der Waals surface area contributed by atoms with Crippen molar-refractivity contribution in [3.05, 3.63) is 0 Å². The van der Waals surface area contributed by atoms with Crippen LogP contribution in [0.4, 0.5) is 0 Å². The van der Waals surface area contributed by atoms with Crippen molar-refractivity contribution in [2.45, 2.75) is 24.4 Å². The average molecular weight is 240 g/mol. The Bertz CT molecular complexity index is 248. The van der Waals surface area contributed by atoms with E-state index in [1.807, 2.05) is 0 Å². The maximum atomic E-state index is 11.0. The highest BCUT2D eigenvalue weighted by Crippen LogP contribution is 2.13. The van der Waals surface area contributed by atoms with Crippen LogP contribution in [0.5, 0.6) is 0 Å². The maximum absolute atomic E-state index is 11.0. The third kappa shape index (κ3) is 4.15. The first-order chi connectivity index (χ1) is 9.65. The van der Waals surface area contributed by atoms with Gasteiger partial charge in [-0.1, -0.05) is 0 Å². The standard InChI is InChI=1S/C10H20O6/c1-13-6-7(12)9(15-3)10(16-4)8(5-11)14-2/h5,7-10,12H,6H2,1-4H3/t7-,8+,9+,10-/m1/s1/i1D,2D,3D,4D. The number of aliphatic hydroxyl groups is 1. The average Bonchev–Trinajstić information content (AvgIpc) is 2.46. The third-order valence-corrected chi connectivity index (χ3v) is 2.03. The molecule has 0 aromatic carbocycles. The second kappa shape index (κ2) is 8.60. The fraction of sp³-hybridized carbons (Fsp3) is 0.900. The molecule has 0 unspecified atom stereocenters. The number of carbonyl (C=O) groups is 1. The minimum absolute atomic E-state index is 0.252. The van der Waals surface area contributed by atoms with Crippen LogP contribution in [0.15, 0.2) is 0 Å². The zero-order chi connectivity index (χ0) is 15.4. The first-order valence-corrected chi connectivity index (χ1v) is 4.39. The van der Waals surface area contributed by atoms with Crippen LogP contribution < -0.4 is 0 Å². The smallest absolute Gasteiger partial charge is 0.151 e. The zero-order valence-electron chi connectivity index (χ0n) is 12.9. The van der Waals surface area contributed by atoms with Gasteiger partial charge in [0.2, 0.25) is 0 Å². The summed E-state index contributed by atoms with van der Waals surface area (Å²) in [6, 6.07) is 0. The molecule has 0 spiro atoms. The van der Waals surface area contributed by atoms with Crippen LogP contribution in [0, 0.1) is 0 Å². The third-order valence-electron chi connectivity index (χ3n) is 2.03. The molecule has 0 aliphatic rings. The minimum atomic E-state index is -1.26. The molecule has 0 saturated carbocycles. The van der Waals surface area contributed by atoms with Gasteiger partial charge in [0.25, 0.3) is 0 Å². The second-order valence-corrected chi connectivity index (χ2v) is 2.97. The molecule has 4 atom stereocenters. The van der Waals surface area contributed by atoms with Gasteiger partial charge in [0, 0.05) is 28.3 Å². The van der Waals surface area contributed by atoms with Gasteiger partial charge in [0.05, 0.1) is 12.1 Å². The minimum Gasteiger partial charge on any atom is -0.388 e. The van der Waals surface area contributed by atoms with Crippen molar-refractivity contribution in [3.63, 3.8) is 0 Å². The van der Waals surface area contributed by atoms with E-state index in [1.54, 1.807) is 0 Å².